The van der Waals surface area contributed by atoms with Gasteiger partial charge in [-0.2, -0.15) is 0 Å². The van der Waals surface area contributed by atoms with E-state index in [0.29, 0.717) is 12.6 Å². The fourth-order valence-corrected chi connectivity index (χ4v) is 3.31. The lowest BCUT2D eigenvalue weighted by Gasteiger charge is -2.25. The Hall–Kier alpha value is -1.87. The minimum Gasteiger partial charge on any atom is -0.473 e. The summed E-state index contributed by atoms with van der Waals surface area (Å²) in [6.45, 7) is 5.20. The standard InChI is InChI=1S/C20H26N2O/c1-2-3-14-22-15-8-12-19(22)18-11-7-13-21-20(18)23-16-17-9-5-4-6-10-17/h4-7,9-11,13,19H,2-3,8,12,14-16H2,1H3/t19-/m0/s1. The highest BCUT2D eigenvalue weighted by Gasteiger charge is 2.28. The first-order valence-electron chi connectivity index (χ1n) is 8.74. The quantitative estimate of drug-likeness (QED) is 0.747. The molecule has 2 aromatic rings. The molecule has 1 atom stereocenters. The van der Waals surface area contributed by atoms with Crippen LogP contribution in [-0.4, -0.2) is 23.0 Å². The van der Waals surface area contributed by atoms with Crippen LogP contribution in [0.25, 0.3) is 0 Å². The van der Waals surface area contributed by atoms with Gasteiger partial charge < -0.3 is 4.74 Å². The van der Waals surface area contributed by atoms with Gasteiger partial charge >= 0.3 is 0 Å². The van der Waals surface area contributed by atoms with Gasteiger partial charge in [-0.05, 0) is 44.0 Å². The van der Waals surface area contributed by atoms with Crippen LogP contribution in [0.1, 0.15) is 49.8 Å². The third-order valence-corrected chi connectivity index (χ3v) is 4.54. The summed E-state index contributed by atoms with van der Waals surface area (Å²) in [4.78, 5) is 7.10. The molecule has 1 fully saturated rings. The van der Waals surface area contributed by atoms with Crippen LogP contribution in [0.2, 0.25) is 0 Å². The second-order valence-corrected chi connectivity index (χ2v) is 6.22. The van der Waals surface area contributed by atoms with Crippen molar-refractivity contribution in [2.75, 3.05) is 13.1 Å². The maximum atomic E-state index is 6.05. The molecule has 23 heavy (non-hydrogen) atoms. The average Bonchev–Trinajstić information content (AvgIpc) is 3.07. The third kappa shape index (κ3) is 4.11. The van der Waals surface area contributed by atoms with Gasteiger partial charge in [0.25, 0.3) is 0 Å². The molecule has 1 aliphatic heterocycles. The molecule has 1 aromatic heterocycles. The van der Waals surface area contributed by atoms with Crippen LogP contribution in [0.4, 0.5) is 0 Å². The first-order chi connectivity index (χ1) is 11.4. The fraction of sp³-hybridized carbons (Fsp3) is 0.450. The Morgan fingerprint density at radius 2 is 2.04 bits per heavy atom. The monoisotopic (exact) mass is 310 g/mol. The molecule has 0 radical (unpaired) electrons. The molecule has 1 saturated heterocycles. The number of nitrogens with zero attached hydrogens (tertiary/aromatic N) is 2. The second-order valence-electron chi connectivity index (χ2n) is 6.22. The van der Waals surface area contributed by atoms with E-state index in [0.717, 1.165) is 5.88 Å². The summed E-state index contributed by atoms with van der Waals surface area (Å²) < 4.78 is 6.05. The van der Waals surface area contributed by atoms with Crippen LogP contribution in [0.15, 0.2) is 48.7 Å². The zero-order valence-corrected chi connectivity index (χ0v) is 13.9. The number of rotatable bonds is 7. The Bertz CT molecular complexity index is 600. The van der Waals surface area contributed by atoms with Gasteiger partial charge in [-0.25, -0.2) is 4.98 Å². The predicted octanol–water partition coefficient (Wildman–Crippen LogP) is 4.60. The van der Waals surface area contributed by atoms with Crippen molar-refractivity contribution in [1.29, 1.82) is 0 Å². The van der Waals surface area contributed by atoms with Crippen LogP contribution in [-0.2, 0) is 6.61 Å². The van der Waals surface area contributed by atoms with Gasteiger partial charge in [0.1, 0.15) is 6.61 Å². The molecule has 0 bridgehead atoms. The van der Waals surface area contributed by atoms with Gasteiger partial charge in [-0.1, -0.05) is 49.7 Å². The highest BCUT2D eigenvalue weighted by molar-refractivity contribution is 5.30. The van der Waals surface area contributed by atoms with Crippen molar-refractivity contribution in [2.45, 2.75) is 45.3 Å². The van der Waals surface area contributed by atoms with Crippen LogP contribution < -0.4 is 4.74 Å². The lowest BCUT2D eigenvalue weighted by molar-refractivity contribution is 0.236. The highest BCUT2D eigenvalue weighted by atomic mass is 16.5. The first-order valence-corrected chi connectivity index (χ1v) is 8.74. The largest absolute Gasteiger partial charge is 0.473 e. The lowest BCUT2D eigenvalue weighted by Crippen LogP contribution is -2.25. The number of aromatic nitrogens is 1. The number of benzene rings is 1. The molecule has 3 rings (SSSR count). The van der Waals surface area contributed by atoms with Crippen molar-refractivity contribution in [3.8, 4) is 5.88 Å². The van der Waals surface area contributed by atoms with E-state index in [1.54, 1.807) is 0 Å². The van der Waals surface area contributed by atoms with Crippen LogP contribution in [0.5, 0.6) is 5.88 Å². The van der Waals surface area contributed by atoms with Crippen molar-refractivity contribution in [3.05, 3.63) is 59.8 Å². The highest BCUT2D eigenvalue weighted by Crippen LogP contribution is 2.36. The van der Waals surface area contributed by atoms with Gasteiger partial charge in [-0.15, -0.1) is 0 Å². The Balaban J connectivity index is 1.72. The Morgan fingerprint density at radius 1 is 1.17 bits per heavy atom. The molecule has 1 aromatic carbocycles. The number of hydrogen-bond acceptors (Lipinski definition) is 3. The van der Waals surface area contributed by atoms with Gasteiger partial charge in [0.2, 0.25) is 5.88 Å². The SMILES string of the molecule is CCCCN1CCC[C@H]1c1cccnc1OCc1ccccc1. The molecule has 0 aliphatic carbocycles. The van der Waals surface area contributed by atoms with Crippen molar-refractivity contribution >= 4 is 0 Å². The Kier molecular flexibility index (Phi) is 5.65. The summed E-state index contributed by atoms with van der Waals surface area (Å²) in [5, 5.41) is 0. The molecule has 1 aliphatic rings. The van der Waals surface area contributed by atoms with E-state index in [-0.39, 0.29) is 0 Å². The van der Waals surface area contributed by atoms with Crippen molar-refractivity contribution in [2.24, 2.45) is 0 Å². The number of unbranched alkanes of at least 4 members (excludes halogenated alkanes) is 1. The predicted molar refractivity (Wildman–Crippen MR) is 93.5 cm³/mol. The zero-order valence-electron chi connectivity index (χ0n) is 13.9. The smallest absolute Gasteiger partial charge is 0.218 e. The Morgan fingerprint density at radius 3 is 2.87 bits per heavy atom. The topological polar surface area (TPSA) is 25.4 Å². The molecular weight excluding hydrogens is 284 g/mol. The molecule has 2 heterocycles. The third-order valence-electron chi connectivity index (χ3n) is 4.54. The van der Waals surface area contributed by atoms with E-state index in [4.69, 9.17) is 4.74 Å². The minimum absolute atomic E-state index is 0.459. The molecule has 0 unspecified atom stereocenters. The molecule has 3 nitrogen and oxygen atoms in total. The van der Waals surface area contributed by atoms with E-state index in [1.165, 1.54) is 49.9 Å². The summed E-state index contributed by atoms with van der Waals surface area (Å²) >= 11 is 0. The van der Waals surface area contributed by atoms with Crippen molar-refractivity contribution in [1.82, 2.24) is 9.88 Å². The number of hydrogen-bond donors (Lipinski definition) is 0. The summed E-state index contributed by atoms with van der Waals surface area (Å²) in [7, 11) is 0. The summed E-state index contributed by atoms with van der Waals surface area (Å²) in [6, 6.07) is 15.0. The zero-order chi connectivity index (χ0) is 15.9. The molecule has 0 saturated carbocycles. The van der Waals surface area contributed by atoms with E-state index in [2.05, 4.69) is 35.0 Å². The van der Waals surface area contributed by atoms with Gasteiger partial charge in [0.15, 0.2) is 0 Å². The molecule has 0 spiro atoms. The van der Waals surface area contributed by atoms with Gasteiger partial charge in [-0.3, -0.25) is 4.90 Å². The lowest BCUT2D eigenvalue weighted by atomic mass is 10.1. The number of ether oxygens (including phenoxy) is 1. The maximum Gasteiger partial charge on any atom is 0.218 e. The summed E-state index contributed by atoms with van der Waals surface area (Å²) in [6.07, 6.45) is 6.80. The molecule has 122 valence electrons. The summed E-state index contributed by atoms with van der Waals surface area (Å²) in [5.74, 6) is 0.796. The van der Waals surface area contributed by atoms with Gasteiger partial charge in [0.05, 0.1) is 0 Å². The van der Waals surface area contributed by atoms with Crippen LogP contribution >= 0.6 is 0 Å². The molecule has 0 N–H and O–H groups in total. The van der Waals surface area contributed by atoms with Crippen molar-refractivity contribution < 1.29 is 4.74 Å². The first kappa shape index (κ1) is 16.0. The Labute approximate surface area is 139 Å². The molecular formula is C20H26N2O. The molecule has 3 heteroatoms. The number of pyridine rings is 1. The van der Waals surface area contributed by atoms with Crippen LogP contribution in [0, 0.1) is 0 Å². The van der Waals surface area contributed by atoms with Crippen LogP contribution in [0.3, 0.4) is 0 Å². The van der Waals surface area contributed by atoms with E-state index < -0.39 is 0 Å². The minimum atomic E-state index is 0.459. The van der Waals surface area contributed by atoms with Gasteiger partial charge in [0, 0.05) is 17.8 Å². The van der Waals surface area contributed by atoms with E-state index >= 15 is 0 Å². The fourth-order valence-electron chi connectivity index (χ4n) is 3.31. The normalized spacial score (nSPS) is 18.2. The van der Waals surface area contributed by atoms with Crippen molar-refractivity contribution in [3.63, 3.8) is 0 Å². The van der Waals surface area contributed by atoms with E-state index in [1.807, 2.05) is 30.5 Å². The van der Waals surface area contributed by atoms with E-state index in [9.17, 15) is 0 Å². The average molecular weight is 310 g/mol. The summed E-state index contributed by atoms with van der Waals surface area (Å²) in [5.41, 5.74) is 2.43. The maximum absolute atomic E-state index is 6.05. The number of likely N-dealkylation sites (tertiary alicyclic amines) is 1. The second kappa shape index (κ2) is 8.11. The molecule has 0 amide bonds.